The van der Waals surface area contributed by atoms with Crippen molar-refractivity contribution in [3.8, 4) is 0 Å². The van der Waals surface area contributed by atoms with Crippen LogP contribution in [0.3, 0.4) is 0 Å². The van der Waals surface area contributed by atoms with Gasteiger partial charge in [0.2, 0.25) is 0 Å². The molecule has 3 aromatic rings. The molecule has 1 aromatic carbocycles. The number of nitrogens with zero attached hydrogens (tertiary/aromatic N) is 1. The summed E-state index contributed by atoms with van der Waals surface area (Å²) >= 11 is 0. The standard InChI is InChI=1S/C17H19N3O/c1-2-5-15-13(4-1)14(12-19-15)17(16-6-3-11-21-16)20-9-7-18-8-10-20/h1-6,11-12,17-19H,7-10H2. The summed E-state index contributed by atoms with van der Waals surface area (Å²) in [5, 5.41) is 4.69. The van der Waals surface area contributed by atoms with Crippen LogP contribution in [0.2, 0.25) is 0 Å². The molecular weight excluding hydrogens is 262 g/mol. The van der Waals surface area contributed by atoms with Crippen LogP contribution in [0.4, 0.5) is 0 Å². The Hall–Kier alpha value is -2.04. The molecule has 1 atom stereocenters. The molecule has 21 heavy (non-hydrogen) atoms. The lowest BCUT2D eigenvalue weighted by atomic mass is 10.0. The molecule has 2 aromatic heterocycles. The maximum Gasteiger partial charge on any atom is 0.125 e. The number of fused-ring (bicyclic) bond motifs is 1. The number of benzene rings is 1. The van der Waals surface area contributed by atoms with Crippen molar-refractivity contribution >= 4 is 10.9 Å². The van der Waals surface area contributed by atoms with E-state index in [1.807, 2.05) is 6.07 Å². The van der Waals surface area contributed by atoms with E-state index >= 15 is 0 Å². The Kier molecular flexibility index (Phi) is 3.25. The molecule has 1 saturated heterocycles. The molecule has 1 aliphatic rings. The monoisotopic (exact) mass is 281 g/mol. The highest BCUT2D eigenvalue weighted by molar-refractivity contribution is 5.83. The van der Waals surface area contributed by atoms with Gasteiger partial charge >= 0.3 is 0 Å². The van der Waals surface area contributed by atoms with Crippen LogP contribution in [0.1, 0.15) is 17.4 Å². The van der Waals surface area contributed by atoms with Gasteiger partial charge in [-0.1, -0.05) is 18.2 Å². The third kappa shape index (κ3) is 2.26. The van der Waals surface area contributed by atoms with Crippen LogP contribution >= 0.6 is 0 Å². The molecule has 4 nitrogen and oxygen atoms in total. The summed E-state index contributed by atoms with van der Waals surface area (Å²) in [7, 11) is 0. The highest BCUT2D eigenvalue weighted by atomic mass is 16.3. The average molecular weight is 281 g/mol. The highest BCUT2D eigenvalue weighted by Gasteiger charge is 2.27. The fourth-order valence-electron chi connectivity index (χ4n) is 3.24. The van der Waals surface area contributed by atoms with Gasteiger partial charge in [0.1, 0.15) is 5.76 Å². The summed E-state index contributed by atoms with van der Waals surface area (Å²) < 4.78 is 5.75. The third-order valence-corrected chi connectivity index (χ3v) is 4.25. The molecule has 0 bridgehead atoms. The van der Waals surface area contributed by atoms with Crippen LogP contribution in [-0.2, 0) is 0 Å². The van der Waals surface area contributed by atoms with E-state index in [1.165, 1.54) is 16.5 Å². The van der Waals surface area contributed by atoms with Gasteiger partial charge in [0, 0.05) is 48.8 Å². The Labute approximate surface area is 123 Å². The molecule has 1 fully saturated rings. The van der Waals surface area contributed by atoms with E-state index in [9.17, 15) is 0 Å². The first-order valence-electron chi connectivity index (χ1n) is 7.47. The molecule has 2 N–H and O–H groups in total. The quantitative estimate of drug-likeness (QED) is 0.776. The number of para-hydroxylation sites is 1. The van der Waals surface area contributed by atoms with Crippen molar-refractivity contribution in [1.29, 1.82) is 0 Å². The summed E-state index contributed by atoms with van der Waals surface area (Å²) in [6.07, 6.45) is 3.89. The number of aromatic nitrogens is 1. The zero-order valence-electron chi connectivity index (χ0n) is 11.9. The van der Waals surface area contributed by atoms with Crippen LogP contribution in [0, 0.1) is 0 Å². The topological polar surface area (TPSA) is 44.2 Å². The molecular formula is C17H19N3O. The minimum atomic E-state index is 0.179. The average Bonchev–Trinajstić information content (AvgIpc) is 3.20. The largest absolute Gasteiger partial charge is 0.467 e. The Morgan fingerprint density at radius 2 is 1.90 bits per heavy atom. The predicted molar refractivity (Wildman–Crippen MR) is 83.3 cm³/mol. The second-order valence-electron chi connectivity index (χ2n) is 5.49. The van der Waals surface area contributed by atoms with E-state index in [1.54, 1.807) is 6.26 Å². The fraction of sp³-hybridized carbons (Fsp3) is 0.294. The number of rotatable bonds is 3. The van der Waals surface area contributed by atoms with E-state index in [2.05, 4.69) is 51.7 Å². The van der Waals surface area contributed by atoms with E-state index in [4.69, 9.17) is 4.42 Å². The minimum Gasteiger partial charge on any atom is -0.467 e. The van der Waals surface area contributed by atoms with E-state index < -0.39 is 0 Å². The van der Waals surface area contributed by atoms with Gasteiger partial charge in [-0.05, 0) is 18.2 Å². The maximum absolute atomic E-state index is 5.75. The number of nitrogens with one attached hydrogen (secondary N) is 2. The summed E-state index contributed by atoms with van der Waals surface area (Å²) in [5.41, 5.74) is 2.47. The summed E-state index contributed by atoms with van der Waals surface area (Å²) in [5.74, 6) is 1.02. The lowest BCUT2D eigenvalue weighted by Gasteiger charge is -2.33. The van der Waals surface area contributed by atoms with Crippen LogP contribution in [-0.4, -0.2) is 36.1 Å². The molecule has 4 heteroatoms. The van der Waals surface area contributed by atoms with Crippen molar-refractivity contribution in [2.24, 2.45) is 0 Å². The molecule has 0 radical (unpaired) electrons. The van der Waals surface area contributed by atoms with Crippen molar-refractivity contribution in [3.63, 3.8) is 0 Å². The second kappa shape index (κ2) is 5.39. The number of hydrogen-bond acceptors (Lipinski definition) is 3. The first kappa shape index (κ1) is 12.7. The lowest BCUT2D eigenvalue weighted by Crippen LogP contribution is -2.45. The molecule has 3 heterocycles. The maximum atomic E-state index is 5.75. The first-order chi connectivity index (χ1) is 10.4. The molecule has 4 rings (SSSR count). The predicted octanol–water partition coefficient (Wildman–Crippen LogP) is 2.76. The molecule has 1 aliphatic heterocycles. The molecule has 0 spiro atoms. The van der Waals surface area contributed by atoms with Gasteiger partial charge in [-0.15, -0.1) is 0 Å². The number of furan rings is 1. The summed E-state index contributed by atoms with van der Waals surface area (Å²) in [4.78, 5) is 5.88. The second-order valence-corrected chi connectivity index (χ2v) is 5.49. The summed E-state index contributed by atoms with van der Waals surface area (Å²) in [6.45, 7) is 4.12. The van der Waals surface area contributed by atoms with Gasteiger partial charge < -0.3 is 14.7 Å². The van der Waals surface area contributed by atoms with Gasteiger partial charge in [-0.2, -0.15) is 0 Å². The lowest BCUT2D eigenvalue weighted by molar-refractivity contribution is 0.181. The third-order valence-electron chi connectivity index (χ3n) is 4.25. The number of aromatic amines is 1. The van der Waals surface area contributed by atoms with Gasteiger partial charge in [0.05, 0.1) is 12.3 Å². The molecule has 0 saturated carbocycles. The van der Waals surface area contributed by atoms with Crippen molar-refractivity contribution in [1.82, 2.24) is 15.2 Å². The van der Waals surface area contributed by atoms with Crippen molar-refractivity contribution < 1.29 is 4.42 Å². The van der Waals surface area contributed by atoms with Crippen LogP contribution in [0.15, 0.2) is 53.3 Å². The van der Waals surface area contributed by atoms with E-state index in [-0.39, 0.29) is 6.04 Å². The van der Waals surface area contributed by atoms with Crippen LogP contribution < -0.4 is 5.32 Å². The zero-order valence-corrected chi connectivity index (χ0v) is 11.9. The molecule has 0 aliphatic carbocycles. The van der Waals surface area contributed by atoms with Crippen molar-refractivity contribution in [2.75, 3.05) is 26.2 Å². The molecule has 108 valence electrons. The Bertz CT molecular complexity index is 711. The van der Waals surface area contributed by atoms with Gasteiger partial charge in [0.25, 0.3) is 0 Å². The van der Waals surface area contributed by atoms with Crippen molar-refractivity contribution in [2.45, 2.75) is 6.04 Å². The van der Waals surface area contributed by atoms with Crippen LogP contribution in [0.5, 0.6) is 0 Å². The van der Waals surface area contributed by atoms with Crippen LogP contribution in [0.25, 0.3) is 10.9 Å². The number of H-pyrrole nitrogens is 1. The van der Waals surface area contributed by atoms with Gasteiger partial charge in [0.15, 0.2) is 0 Å². The SMILES string of the molecule is c1coc(C(c2c[nH]c3ccccc23)N2CCNCC2)c1. The zero-order chi connectivity index (χ0) is 14.1. The smallest absolute Gasteiger partial charge is 0.125 e. The Morgan fingerprint density at radius 1 is 1.05 bits per heavy atom. The van der Waals surface area contributed by atoms with Crippen molar-refractivity contribution in [3.05, 3.63) is 60.2 Å². The molecule has 0 amide bonds. The number of piperazine rings is 1. The Balaban J connectivity index is 1.81. The van der Waals surface area contributed by atoms with E-state index in [0.29, 0.717) is 0 Å². The highest BCUT2D eigenvalue weighted by Crippen LogP contribution is 2.33. The Morgan fingerprint density at radius 3 is 2.71 bits per heavy atom. The van der Waals surface area contributed by atoms with E-state index in [0.717, 1.165) is 31.9 Å². The fourth-order valence-corrected chi connectivity index (χ4v) is 3.24. The summed E-state index contributed by atoms with van der Waals surface area (Å²) in [6, 6.07) is 12.7. The van der Waals surface area contributed by atoms with Gasteiger partial charge in [-0.3, -0.25) is 4.90 Å². The minimum absolute atomic E-state index is 0.179. The number of hydrogen-bond donors (Lipinski definition) is 2. The molecule has 1 unspecified atom stereocenters. The van der Waals surface area contributed by atoms with Gasteiger partial charge in [-0.25, -0.2) is 0 Å². The normalized spacial score (nSPS) is 18.1. The first-order valence-corrected chi connectivity index (χ1v) is 7.47.